The second-order valence-electron chi connectivity index (χ2n) is 13.7. The summed E-state index contributed by atoms with van der Waals surface area (Å²) >= 11 is 12.8. The van der Waals surface area contributed by atoms with Crippen LogP contribution in [-0.4, -0.2) is 56.8 Å². The molecule has 12 heteroatoms. The molecule has 4 aromatic rings. The SMILES string of the molecule is COc1ccc(C(Cc2c(Cl)c[n+]([O-])cc2Cl)OC(=O)c2ccc(CNC3(C(=O)O[C@H]4CN5CCC4CC5)CCc4ccccc43)cc2)cc1OC. The van der Waals surface area contributed by atoms with Crippen LogP contribution in [0, 0.1) is 11.1 Å². The maximum atomic E-state index is 14.1. The van der Waals surface area contributed by atoms with Gasteiger partial charge in [0.2, 0.25) is 0 Å². The molecule has 3 fully saturated rings. The molecular formula is C40H41Cl2N3O7. The van der Waals surface area contributed by atoms with Crippen molar-refractivity contribution in [3.05, 3.63) is 128 Å². The van der Waals surface area contributed by atoms with Crippen LogP contribution >= 0.6 is 23.2 Å². The number of esters is 2. The Bertz CT molecular complexity index is 1930. The fraction of sp³-hybridized carbons (Fsp3) is 0.375. The number of fused-ring (bicyclic) bond motifs is 4. The largest absolute Gasteiger partial charge is 0.619 e. The number of carbonyl (C=O) groups is 2. The number of pyridine rings is 1. The molecule has 1 aliphatic carbocycles. The summed E-state index contributed by atoms with van der Waals surface area (Å²) in [5.41, 5.74) is 3.45. The fourth-order valence-corrected chi connectivity index (χ4v) is 8.36. The Balaban J connectivity index is 1.08. The average Bonchev–Trinajstić information content (AvgIpc) is 3.55. The fourth-order valence-electron chi connectivity index (χ4n) is 7.76. The van der Waals surface area contributed by atoms with E-state index >= 15 is 0 Å². The molecule has 52 heavy (non-hydrogen) atoms. The maximum absolute atomic E-state index is 14.1. The highest BCUT2D eigenvalue weighted by Gasteiger charge is 2.48. The first kappa shape index (κ1) is 36.0. The summed E-state index contributed by atoms with van der Waals surface area (Å²) in [6.07, 6.45) is 5.09. The highest BCUT2D eigenvalue weighted by molar-refractivity contribution is 6.35. The van der Waals surface area contributed by atoms with Crippen molar-refractivity contribution >= 4 is 35.1 Å². The van der Waals surface area contributed by atoms with Gasteiger partial charge in [0.1, 0.15) is 27.8 Å². The lowest BCUT2D eigenvalue weighted by Gasteiger charge is -2.45. The van der Waals surface area contributed by atoms with Crippen molar-refractivity contribution in [3.8, 4) is 11.5 Å². The first-order valence-electron chi connectivity index (χ1n) is 17.5. The Morgan fingerprint density at radius 3 is 2.37 bits per heavy atom. The highest BCUT2D eigenvalue weighted by Crippen LogP contribution is 2.40. The van der Waals surface area contributed by atoms with Gasteiger partial charge < -0.3 is 24.2 Å². The van der Waals surface area contributed by atoms with E-state index in [1.165, 1.54) is 26.6 Å². The topological polar surface area (TPSA) is 113 Å². The van der Waals surface area contributed by atoms with E-state index in [1.807, 2.05) is 30.3 Å². The number of rotatable bonds is 12. The van der Waals surface area contributed by atoms with Gasteiger partial charge in [-0.1, -0.05) is 65.7 Å². The van der Waals surface area contributed by atoms with Gasteiger partial charge in [0.25, 0.3) is 0 Å². The second kappa shape index (κ2) is 15.3. The van der Waals surface area contributed by atoms with E-state index in [4.69, 9.17) is 42.1 Å². The summed E-state index contributed by atoms with van der Waals surface area (Å²) in [6, 6.07) is 20.4. The predicted molar refractivity (Wildman–Crippen MR) is 196 cm³/mol. The molecule has 1 N–H and O–H groups in total. The number of nitrogens with one attached hydrogen (secondary N) is 1. The zero-order valence-corrected chi connectivity index (χ0v) is 30.6. The lowest BCUT2D eigenvalue weighted by Crippen LogP contribution is -2.55. The van der Waals surface area contributed by atoms with E-state index in [0.29, 0.717) is 51.8 Å². The number of halogens is 2. The summed E-state index contributed by atoms with van der Waals surface area (Å²) in [7, 11) is 3.05. The van der Waals surface area contributed by atoms with E-state index in [-0.39, 0.29) is 28.5 Å². The van der Waals surface area contributed by atoms with Crippen molar-refractivity contribution in [2.75, 3.05) is 33.9 Å². The van der Waals surface area contributed by atoms with E-state index in [1.54, 1.807) is 30.3 Å². The monoisotopic (exact) mass is 745 g/mol. The minimum absolute atomic E-state index is 0.0912. The third kappa shape index (κ3) is 7.30. The summed E-state index contributed by atoms with van der Waals surface area (Å²) in [5, 5.41) is 15.8. The van der Waals surface area contributed by atoms with Crippen LogP contribution in [-0.2, 0) is 39.2 Å². The van der Waals surface area contributed by atoms with E-state index < -0.39 is 17.6 Å². The molecule has 0 amide bonds. The molecule has 0 spiro atoms. The van der Waals surface area contributed by atoms with Crippen molar-refractivity contribution in [2.45, 2.75) is 56.4 Å². The number of benzene rings is 3. The van der Waals surface area contributed by atoms with Crippen LogP contribution in [0.25, 0.3) is 0 Å². The number of carbonyl (C=O) groups excluding carboxylic acids is 2. The van der Waals surface area contributed by atoms with Crippen molar-refractivity contribution in [1.29, 1.82) is 0 Å². The third-order valence-corrected chi connectivity index (χ3v) is 11.4. The van der Waals surface area contributed by atoms with Crippen LogP contribution in [0.5, 0.6) is 11.5 Å². The van der Waals surface area contributed by atoms with E-state index in [9.17, 15) is 14.8 Å². The molecule has 4 heterocycles. The number of aryl methyl sites for hydroxylation is 1. The first-order chi connectivity index (χ1) is 25.2. The average molecular weight is 747 g/mol. The van der Waals surface area contributed by atoms with Gasteiger partial charge in [-0.2, -0.15) is 4.73 Å². The lowest BCUT2D eigenvalue weighted by molar-refractivity contribution is -0.605. The molecule has 0 radical (unpaired) electrons. The number of piperidine rings is 3. The number of hydrogen-bond donors (Lipinski definition) is 1. The summed E-state index contributed by atoms with van der Waals surface area (Å²) in [5.74, 6) is 0.590. The minimum Gasteiger partial charge on any atom is -0.619 e. The lowest BCUT2D eigenvalue weighted by atomic mass is 9.85. The van der Waals surface area contributed by atoms with Gasteiger partial charge in [-0.25, -0.2) is 9.59 Å². The molecule has 1 aromatic heterocycles. The minimum atomic E-state index is -0.960. The summed E-state index contributed by atoms with van der Waals surface area (Å²) < 4.78 is 23.8. The molecule has 0 saturated carbocycles. The number of nitrogens with zero attached hydrogens (tertiary/aromatic N) is 2. The molecule has 3 aliphatic heterocycles. The highest BCUT2D eigenvalue weighted by atomic mass is 35.5. The molecule has 3 aromatic carbocycles. The molecular weight excluding hydrogens is 705 g/mol. The van der Waals surface area contributed by atoms with Gasteiger partial charge in [0.05, 0.1) is 19.8 Å². The van der Waals surface area contributed by atoms with Gasteiger partial charge in [-0.3, -0.25) is 10.2 Å². The first-order valence-corrected chi connectivity index (χ1v) is 18.3. The van der Waals surface area contributed by atoms with Gasteiger partial charge in [-0.15, -0.1) is 0 Å². The quantitative estimate of drug-likeness (QED) is 0.101. The van der Waals surface area contributed by atoms with Crippen LogP contribution in [0.3, 0.4) is 0 Å². The molecule has 2 unspecified atom stereocenters. The number of ether oxygens (including phenoxy) is 4. The molecule has 2 bridgehead atoms. The molecule has 3 atom stereocenters. The Labute approximate surface area is 313 Å². The van der Waals surface area contributed by atoms with Crippen molar-refractivity contribution in [1.82, 2.24) is 10.2 Å². The van der Waals surface area contributed by atoms with Crippen LogP contribution in [0.4, 0.5) is 0 Å². The number of hydrogen-bond acceptors (Lipinski definition) is 9. The Morgan fingerprint density at radius 2 is 1.69 bits per heavy atom. The molecule has 272 valence electrons. The molecule has 3 saturated heterocycles. The molecule has 8 rings (SSSR count). The zero-order chi connectivity index (χ0) is 36.4. The van der Waals surface area contributed by atoms with Crippen LogP contribution in [0.1, 0.15) is 63.5 Å². The zero-order valence-electron chi connectivity index (χ0n) is 29.1. The Morgan fingerprint density at radius 1 is 0.981 bits per heavy atom. The van der Waals surface area contributed by atoms with Gasteiger partial charge >= 0.3 is 11.9 Å². The predicted octanol–water partition coefficient (Wildman–Crippen LogP) is 6.35. The smallest absolute Gasteiger partial charge is 0.338 e. The Hall–Kier alpha value is -4.35. The second-order valence-corrected chi connectivity index (χ2v) is 14.5. The van der Waals surface area contributed by atoms with Crippen LogP contribution < -0.4 is 19.5 Å². The number of aromatic nitrogens is 1. The Kier molecular flexibility index (Phi) is 10.6. The van der Waals surface area contributed by atoms with Crippen molar-refractivity contribution in [2.24, 2.45) is 5.92 Å². The van der Waals surface area contributed by atoms with Gasteiger partial charge in [-0.05, 0) is 91.2 Å². The standard InChI is InChI=1S/C40H41Cl2N3O7/c1-49-34-12-11-29(19-36(34)50-2)35(20-30-32(41)22-45(48)23-33(30)42)51-38(46)28-9-7-25(8-10-28)21-43-40(16-13-26-5-3-4-6-31(26)40)39(47)52-37-24-44-17-14-27(37)15-18-44/h3-12,19,22-23,27,35,37,43H,13-18,20-21,24H2,1-2H3/t35?,37-,40?/m0/s1. The van der Waals surface area contributed by atoms with Crippen molar-refractivity contribution in [3.63, 3.8) is 0 Å². The molecule has 10 nitrogen and oxygen atoms in total. The van der Waals surface area contributed by atoms with Crippen molar-refractivity contribution < 1.29 is 33.3 Å². The molecule has 4 aliphatic rings. The van der Waals surface area contributed by atoms with Gasteiger partial charge in [0, 0.05) is 25.1 Å². The summed E-state index contributed by atoms with van der Waals surface area (Å²) in [4.78, 5) is 30.1. The van der Waals surface area contributed by atoms with E-state index in [2.05, 4.69) is 16.3 Å². The van der Waals surface area contributed by atoms with Gasteiger partial charge in [0.15, 0.2) is 23.9 Å². The van der Waals surface area contributed by atoms with E-state index in [0.717, 1.165) is 55.6 Å². The van der Waals surface area contributed by atoms with Crippen LogP contribution in [0.2, 0.25) is 10.0 Å². The van der Waals surface area contributed by atoms with Crippen LogP contribution in [0.15, 0.2) is 79.1 Å². The maximum Gasteiger partial charge on any atom is 0.338 e. The third-order valence-electron chi connectivity index (χ3n) is 10.7. The summed E-state index contributed by atoms with van der Waals surface area (Å²) in [6.45, 7) is 3.33. The normalized spacial score (nSPS) is 22.3. The number of methoxy groups -OCH3 is 2.